The zero-order chi connectivity index (χ0) is 23.4. The third kappa shape index (κ3) is 5.09. The van der Waals surface area contributed by atoms with Crippen LogP contribution in [0.5, 0.6) is 5.75 Å². The number of esters is 1. The molecule has 1 atom stereocenters. The number of carbonyl (C=O) groups is 2. The summed E-state index contributed by atoms with van der Waals surface area (Å²) in [6.07, 6.45) is 4.23. The van der Waals surface area contributed by atoms with Gasteiger partial charge in [-0.15, -0.1) is 0 Å². The van der Waals surface area contributed by atoms with E-state index >= 15 is 0 Å². The molecule has 2 aliphatic rings. The largest absolute Gasteiger partial charge is 0.484 e. The molecule has 1 unspecified atom stereocenters. The molecule has 0 saturated carbocycles. The van der Waals surface area contributed by atoms with Crippen LogP contribution in [0.3, 0.4) is 0 Å². The van der Waals surface area contributed by atoms with E-state index in [1.54, 1.807) is 29.2 Å². The molecule has 0 aromatic heterocycles. The van der Waals surface area contributed by atoms with Gasteiger partial charge in [-0.25, -0.2) is 13.2 Å². The van der Waals surface area contributed by atoms with Crippen molar-refractivity contribution < 1.29 is 27.5 Å². The summed E-state index contributed by atoms with van der Waals surface area (Å²) in [6, 6.07) is 14.1. The average Bonchev–Trinajstić information content (AvgIpc) is 2.86. The van der Waals surface area contributed by atoms with Gasteiger partial charge < -0.3 is 14.4 Å². The van der Waals surface area contributed by atoms with Crippen LogP contribution >= 0.6 is 0 Å². The molecule has 0 N–H and O–H groups in total. The Hall–Kier alpha value is -3.17. The Morgan fingerprint density at radius 3 is 2.30 bits per heavy atom. The number of methoxy groups -OCH3 is 1. The minimum atomic E-state index is -3.51. The fourth-order valence-corrected chi connectivity index (χ4v) is 5.71. The summed E-state index contributed by atoms with van der Waals surface area (Å²) in [5, 5.41) is 1.40. The summed E-state index contributed by atoms with van der Waals surface area (Å²) in [4.78, 5) is 25.6. The molecule has 2 aromatic rings. The van der Waals surface area contributed by atoms with Gasteiger partial charge in [0.1, 0.15) is 5.75 Å². The number of sulfonamides is 1. The van der Waals surface area contributed by atoms with Crippen molar-refractivity contribution in [2.45, 2.75) is 11.7 Å². The predicted octanol–water partition coefficient (Wildman–Crippen LogP) is 0.360. The van der Waals surface area contributed by atoms with Crippen LogP contribution in [0.1, 0.15) is 16.8 Å². The van der Waals surface area contributed by atoms with Gasteiger partial charge in [0.05, 0.1) is 17.9 Å². The van der Waals surface area contributed by atoms with Crippen molar-refractivity contribution in [1.82, 2.24) is 9.21 Å². The minimum Gasteiger partial charge on any atom is -0.484 e. The molecule has 1 aliphatic carbocycles. The molecular weight excluding hydrogens is 444 g/mol. The molecule has 9 heteroatoms. The van der Waals surface area contributed by atoms with Gasteiger partial charge in [-0.1, -0.05) is 36.4 Å². The van der Waals surface area contributed by atoms with Crippen LogP contribution < -0.4 is 15.2 Å². The monoisotopic (exact) mass is 470 g/mol. The van der Waals surface area contributed by atoms with Gasteiger partial charge in [0, 0.05) is 26.2 Å². The van der Waals surface area contributed by atoms with Crippen molar-refractivity contribution in [3.8, 4) is 5.75 Å². The maximum absolute atomic E-state index is 13.1. The van der Waals surface area contributed by atoms with Gasteiger partial charge in [0.15, 0.2) is 6.61 Å². The van der Waals surface area contributed by atoms with Crippen LogP contribution in [0.15, 0.2) is 48.5 Å². The second kappa shape index (κ2) is 9.76. The first-order chi connectivity index (χ1) is 15.9. The quantitative estimate of drug-likeness (QED) is 0.566. The lowest BCUT2D eigenvalue weighted by molar-refractivity contribution is -0.134. The topological polar surface area (TPSA) is 93.2 Å². The highest BCUT2D eigenvalue weighted by molar-refractivity contribution is 7.90. The van der Waals surface area contributed by atoms with Crippen molar-refractivity contribution in [2.24, 2.45) is 0 Å². The molecule has 0 spiro atoms. The fourth-order valence-electron chi connectivity index (χ4n) is 3.99. The first kappa shape index (κ1) is 23.0. The highest BCUT2D eigenvalue weighted by atomic mass is 32.2. The molecule has 1 aliphatic heterocycles. The molecule has 1 amide bonds. The van der Waals surface area contributed by atoms with Crippen LogP contribution in [-0.4, -0.2) is 74.6 Å². The SMILES string of the molecule is COC(=O)c1ccc(OCC(=O)N2CCN(S(=O)(=O)C3C=c4ccccc4=CC3)CC2)cc1. The van der Waals surface area contributed by atoms with Crippen LogP contribution in [0.25, 0.3) is 12.2 Å². The lowest BCUT2D eigenvalue weighted by atomic mass is 10.1. The Kier molecular flexibility index (Phi) is 6.80. The molecule has 1 fully saturated rings. The Labute approximate surface area is 192 Å². The van der Waals surface area contributed by atoms with Gasteiger partial charge >= 0.3 is 5.97 Å². The maximum atomic E-state index is 13.1. The van der Waals surface area contributed by atoms with Gasteiger partial charge in [-0.3, -0.25) is 4.79 Å². The smallest absolute Gasteiger partial charge is 0.337 e. The zero-order valence-electron chi connectivity index (χ0n) is 18.3. The number of hydrogen-bond donors (Lipinski definition) is 0. The van der Waals surface area contributed by atoms with Crippen LogP contribution in [0.2, 0.25) is 0 Å². The average molecular weight is 471 g/mol. The summed E-state index contributed by atoms with van der Waals surface area (Å²) in [5.74, 6) is -0.199. The molecule has 33 heavy (non-hydrogen) atoms. The third-order valence-electron chi connectivity index (χ3n) is 5.90. The summed E-state index contributed by atoms with van der Waals surface area (Å²) in [6.45, 7) is 0.986. The number of fused-ring (bicyclic) bond motifs is 1. The predicted molar refractivity (Wildman–Crippen MR) is 123 cm³/mol. The number of rotatable bonds is 6. The summed E-state index contributed by atoms with van der Waals surface area (Å²) >= 11 is 0. The Bertz CT molecular complexity index is 1250. The van der Waals surface area contributed by atoms with E-state index in [-0.39, 0.29) is 25.6 Å². The van der Waals surface area contributed by atoms with Crippen LogP contribution in [-0.2, 0) is 19.6 Å². The van der Waals surface area contributed by atoms with E-state index in [4.69, 9.17) is 4.74 Å². The van der Waals surface area contributed by atoms with E-state index in [0.717, 1.165) is 10.4 Å². The summed E-state index contributed by atoms with van der Waals surface area (Å²) in [5.41, 5.74) is 0.393. The molecule has 174 valence electrons. The Morgan fingerprint density at radius 2 is 1.64 bits per heavy atom. The van der Waals surface area contributed by atoms with Crippen molar-refractivity contribution in [3.63, 3.8) is 0 Å². The van der Waals surface area contributed by atoms with E-state index < -0.39 is 21.2 Å². The number of ether oxygens (including phenoxy) is 2. The van der Waals surface area contributed by atoms with Crippen LogP contribution in [0.4, 0.5) is 0 Å². The Balaban J connectivity index is 1.30. The number of amides is 1. The molecule has 0 radical (unpaired) electrons. The van der Waals surface area contributed by atoms with E-state index in [0.29, 0.717) is 30.8 Å². The van der Waals surface area contributed by atoms with Crippen LogP contribution in [0, 0.1) is 0 Å². The summed E-state index contributed by atoms with van der Waals surface area (Å²) in [7, 11) is -2.20. The number of piperazine rings is 1. The Morgan fingerprint density at radius 1 is 0.970 bits per heavy atom. The third-order valence-corrected chi connectivity index (χ3v) is 8.08. The molecule has 0 bridgehead atoms. The van der Waals surface area contributed by atoms with Crippen molar-refractivity contribution >= 4 is 34.1 Å². The molecule has 1 heterocycles. The zero-order valence-corrected chi connectivity index (χ0v) is 19.2. The van der Waals surface area contributed by atoms with Gasteiger partial charge in [-0.05, 0) is 41.1 Å². The standard InChI is InChI=1S/C24H26N2O6S/c1-31-24(28)19-6-9-21(10-7-19)32-17-23(27)25-12-14-26(15-13-25)33(29,30)22-11-8-18-4-2-3-5-20(18)16-22/h2-10,16,22H,11-15,17H2,1H3. The van der Waals surface area contributed by atoms with E-state index in [9.17, 15) is 18.0 Å². The van der Waals surface area contributed by atoms with Crippen molar-refractivity contribution in [2.75, 3.05) is 39.9 Å². The number of hydrogen-bond acceptors (Lipinski definition) is 6. The molecule has 1 saturated heterocycles. The number of nitrogens with zero attached hydrogens (tertiary/aromatic N) is 2. The van der Waals surface area contributed by atoms with Gasteiger partial charge in [-0.2, -0.15) is 4.31 Å². The number of carbonyl (C=O) groups excluding carboxylic acids is 2. The molecule has 2 aromatic carbocycles. The second-order valence-corrected chi connectivity index (χ2v) is 10.1. The fraction of sp³-hybridized carbons (Fsp3) is 0.333. The molecule has 4 rings (SSSR count). The van der Waals surface area contributed by atoms with E-state index in [1.807, 2.05) is 36.4 Å². The highest BCUT2D eigenvalue weighted by Crippen LogP contribution is 2.19. The van der Waals surface area contributed by atoms with Crippen molar-refractivity contribution in [1.29, 1.82) is 0 Å². The second-order valence-electron chi connectivity index (χ2n) is 7.90. The van der Waals surface area contributed by atoms with Gasteiger partial charge in [0.2, 0.25) is 10.0 Å². The first-order valence-electron chi connectivity index (χ1n) is 10.7. The van der Waals surface area contributed by atoms with Crippen molar-refractivity contribution in [3.05, 3.63) is 64.5 Å². The maximum Gasteiger partial charge on any atom is 0.337 e. The van der Waals surface area contributed by atoms with E-state index in [1.165, 1.54) is 11.4 Å². The highest BCUT2D eigenvalue weighted by Gasteiger charge is 2.34. The number of benzene rings is 2. The van der Waals surface area contributed by atoms with Gasteiger partial charge in [0.25, 0.3) is 5.91 Å². The lowest BCUT2D eigenvalue weighted by Crippen LogP contribution is -2.53. The molecular formula is C24H26N2O6S. The molecule has 8 nitrogen and oxygen atoms in total. The first-order valence-corrected chi connectivity index (χ1v) is 12.2. The normalized spacial score (nSPS) is 18.5. The van der Waals surface area contributed by atoms with E-state index in [2.05, 4.69) is 4.74 Å². The lowest BCUT2D eigenvalue weighted by Gasteiger charge is -2.35. The minimum absolute atomic E-state index is 0.160. The summed E-state index contributed by atoms with van der Waals surface area (Å²) < 4.78 is 38.0.